The minimum absolute atomic E-state index is 0.0967. The van der Waals surface area contributed by atoms with Crippen molar-refractivity contribution < 1.29 is 14.7 Å². The van der Waals surface area contributed by atoms with Gasteiger partial charge in [0.25, 0.3) is 0 Å². The topological polar surface area (TPSA) is 57.6 Å². The number of hydrogen-bond acceptors (Lipinski definition) is 2. The second-order valence-electron chi connectivity index (χ2n) is 4.80. The van der Waals surface area contributed by atoms with Crippen molar-refractivity contribution in [3.8, 4) is 0 Å². The number of carboxylic acid groups (broad SMARTS) is 1. The predicted molar refractivity (Wildman–Crippen MR) is 68.7 cm³/mol. The quantitative estimate of drug-likeness (QED) is 0.872. The van der Waals surface area contributed by atoms with E-state index in [1.165, 1.54) is 4.90 Å². The van der Waals surface area contributed by atoms with E-state index in [9.17, 15) is 14.7 Å². The first-order valence-corrected chi connectivity index (χ1v) is 6.13. The number of carbonyl (C=O) groups excluding carboxylic acids is 1. The van der Waals surface area contributed by atoms with Crippen molar-refractivity contribution >= 4 is 17.6 Å². The molecule has 0 radical (unpaired) electrons. The standard InChI is InChI=1S/C14H17NO3/c1-9-6-7-11(10(2)8-9)15-12(14(17)18)4-3-5-13(15)16/h6-8,12H,3-5H2,1-2H3,(H,17,18). The van der Waals surface area contributed by atoms with E-state index in [0.29, 0.717) is 19.3 Å². The number of carboxylic acids is 1. The summed E-state index contributed by atoms with van der Waals surface area (Å²) >= 11 is 0. The molecule has 2 rings (SSSR count). The fraction of sp³-hybridized carbons (Fsp3) is 0.429. The molecular formula is C14H17NO3. The normalized spacial score (nSPS) is 20.0. The van der Waals surface area contributed by atoms with Crippen LogP contribution in [0.25, 0.3) is 0 Å². The highest BCUT2D eigenvalue weighted by atomic mass is 16.4. The van der Waals surface area contributed by atoms with E-state index in [-0.39, 0.29) is 5.91 Å². The highest BCUT2D eigenvalue weighted by Gasteiger charge is 2.34. The number of amides is 1. The molecule has 1 aromatic carbocycles. The summed E-state index contributed by atoms with van der Waals surface area (Å²) in [6.45, 7) is 3.88. The number of benzene rings is 1. The molecule has 1 saturated heterocycles. The lowest BCUT2D eigenvalue weighted by Gasteiger charge is -2.34. The van der Waals surface area contributed by atoms with E-state index in [4.69, 9.17) is 0 Å². The van der Waals surface area contributed by atoms with Gasteiger partial charge in [0.1, 0.15) is 6.04 Å². The highest BCUT2D eigenvalue weighted by Crippen LogP contribution is 2.29. The van der Waals surface area contributed by atoms with Crippen molar-refractivity contribution in [1.29, 1.82) is 0 Å². The van der Waals surface area contributed by atoms with Crippen LogP contribution in [0.5, 0.6) is 0 Å². The van der Waals surface area contributed by atoms with Crippen LogP contribution >= 0.6 is 0 Å². The number of aliphatic carboxylic acids is 1. The molecule has 0 aliphatic carbocycles. The molecule has 4 heteroatoms. The summed E-state index contributed by atoms with van der Waals surface area (Å²) in [4.78, 5) is 24.7. The lowest BCUT2D eigenvalue weighted by molar-refractivity contribution is -0.141. The zero-order valence-electron chi connectivity index (χ0n) is 10.6. The van der Waals surface area contributed by atoms with Crippen molar-refractivity contribution in [1.82, 2.24) is 0 Å². The number of piperidine rings is 1. The van der Waals surface area contributed by atoms with E-state index in [0.717, 1.165) is 16.8 Å². The molecule has 1 aromatic rings. The average molecular weight is 247 g/mol. The molecule has 0 aromatic heterocycles. The minimum Gasteiger partial charge on any atom is -0.480 e. The SMILES string of the molecule is Cc1ccc(N2C(=O)CCCC2C(=O)O)c(C)c1. The predicted octanol–water partition coefficient (Wildman–Crippen LogP) is 2.27. The Morgan fingerprint density at radius 2 is 2.11 bits per heavy atom. The summed E-state index contributed by atoms with van der Waals surface area (Å²) in [5, 5.41) is 9.24. The smallest absolute Gasteiger partial charge is 0.326 e. The van der Waals surface area contributed by atoms with E-state index in [1.54, 1.807) is 0 Å². The van der Waals surface area contributed by atoms with Crippen LogP contribution in [0.2, 0.25) is 0 Å². The fourth-order valence-corrected chi connectivity index (χ4v) is 2.48. The van der Waals surface area contributed by atoms with E-state index in [2.05, 4.69) is 0 Å². The molecule has 1 unspecified atom stereocenters. The molecule has 1 aliphatic heterocycles. The Balaban J connectivity index is 2.43. The van der Waals surface area contributed by atoms with E-state index in [1.807, 2.05) is 32.0 Å². The zero-order valence-corrected chi connectivity index (χ0v) is 10.6. The number of anilines is 1. The maximum Gasteiger partial charge on any atom is 0.326 e. The summed E-state index contributed by atoms with van der Waals surface area (Å²) in [6.07, 6.45) is 1.60. The first kappa shape index (κ1) is 12.6. The van der Waals surface area contributed by atoms with Crippen LogP contribution in [-0.4, -0.2) is 23.0 Å². The van der Waals surface area contributed by atoms with Gasteiger partial charge >= 0.3 is 5.97 Å². The summed E-state index contributed by atoms with van der Waals surface area (Å²) < 4.78 is 0. The molecule has 0 saturated carbocycles. The Hall–Kier alpha value is -1.84. The van der Waals surface area contributed by atoms with Gasteiger partial charge in [-0.3, -0.25) is 9.69 Å². The van der Waals surface area contributed by atoms with Crippen LogP contribution < -0.4 is 4.90 Å². The molecule has 1 N–H and O–H groups in total. The van der Waals surface area contributed by atoms with E-state index < -0.39 is 12.0 Å². The fourth-order valence-electron chi connectivity index (χ4n) is 2.48. The molecular weight excluding hydrogens is 230 g/mol. The molecule has 18 heavy (non-hydrogen) atoms. The first-order chi connectivity index (χ1) is 8.50. The van der Waals surface area contributed by atoms with Gasteiger partial charge in [0.2, 0.25) is 5.91 Å². The molecule has 1 atom stereocenters. The molecule has 96 valence electrons. The molecule has 0 bridgehead atoms. The van der Waals surface area contributed by atoms with Crippen molar-refractivity contribution in [2.75, 3.05) is 4.90 Å². The molecule has 1 aliphatic rings. The van der Waals surface area contributed by atoms with Crippen LogP contribution in [0.4, 0.5) is 5.69 Å². The van der Waals surface area contributed by atoms with Crippen LogP contribution in [0.15, 0.2) is 18.2 Å². The second kappa shape index (κ2) is 4.80. The zero-order chi connectivity index (χ0) is 13.3. The summed E-state index contributed by atoms with van der Waals surface area (Å²) in [7, 11) is 0. The minimum atomic E-state index is -0.928. The van der Waals surface area contributed by atoms with Crippen LogP contribution in [0.3, 0.4) is 0 Å². The van der Waals surface area contributed by atoms with Crippen molar-refractivity contribution in [2.24, 2.45) is 0 Å². The highest BCUT2D eigenvalue weighted by molar-refractivity contribution is 6.00. The van der Waals surface area contributed by atoms with Gasteiger partial charge in [-0.1, -0.05) is 17.7 Å². The van der Waals surface area contributed by atoms with Gasteiger partial charge in [0.05, 0.1) is 0 Å². The Bertz CT molecular complexity index is 496. The van der Waals surface area contributed by atoms with Crippen LogP contribution in [-0.2, 0) is 9.59 Å². The number of hydrogen-bond donors (Lipinski definition) is 1. The summed E-state index contributed by atoms with van der Waals surface area (Å²) in [5.74, 6) is -1.02. The number of nitrogens with zero attached hydrogens (tertiary/aromatic N) is 1. The number of carbonyl (C=O) groups is 2. The number of rotatable bonds is 2. The monoisotopic (exact) mass is 247 g/mol. The van der Waals surface area contributed by atoms with Gasteiger partial charge < -0.3 is 5.11 Å². The van der Waals surface area contributed by atoms with Crippen LogP contribution in [0, 0.1) is 13.8 Å². The van der Waals surface area contributed by atoms with Crippen molar-refractivity contribution in [3.05, 3.63) is 29.3 Å². The molecule has 4 nitrogen and oxygen atoms in total. The lowest BCUT2D eigenvalue weighted by atomic mass is 9.99. The van der Waals surface area contributed by atoms with Crippen molar-refractivity contribution in [3.63, 3.8) is 0 Å². The van der Waals surface area contributed by atoms with E-state index >= 15 is 0 Å². The van der Waals surface area contributed by atoms with Crippen LogP contribution in [0.1, 0.15) is 30.4 Å². The van der Waals surface area contributed by atoms with Gasteiger partial charge in [0, 0.05) is 12.1 Å². The molecule has 1 amide bonds. The van der Waals surface area contributed by atoms with Gasteiger partial charge in [-0.25, -0.2) is 4.79 Å². The third-order valence-electron chi connectivity index (χ3n) is 3.35. The summed E-state index contributed by atoms with van der Waals surface area (Å²) in [6, 6.07) is 4.98. The largest absolute Gasteiger partial charge is 0.480 e. The second-order valence-corrected chi connectivity index (χ2v) is 4.80. The molecule has 1 fully saturated rings. The van der Waals surface area contributed by atoms with Gasteiger partial charge in [-0.2, -0.15) is 0 Å². The molecule has 0 spiro atoms. The Labute approximate surface area is 106 Å². The Morgan fingerprint density at radius 3 is 2.72 bits per heavy atom. The maximum absolute atomic E-state index is 12.0. The Kier molecular flexibility index (Phi) is 3.36. The maximum atomic E-state index is 12.0. The summed E-state index contributed by atoms with van der Waals surface area (Å²) in [5.41, 5.74) is 2.77. The third kappa shape index (κ3) is 2.23. The average Bonchev–Trinajstić information content (AvgIpc) is 2.29. The molecule has 1 heterocycles. The third-order valence-corrected chi connectivity index (χ3v) is 3.35. The van der Waals surface area contributed by atoms with Crippen molar-refractivity contribution in [2.45, 2.75) is 39.2 Å². The lowest BCUT2D eigenvalue weighted by Crippen LogP contribution is -2.48. The van der Waals surface area contributed by atoms with Gasteiger partial charge in [0.15, 0.2) is 0 Å². The number of aryl methyl sites for hydroxylation is 2. The van der Waals surface area contributed by atoms with Gasteiger partial charge in [-0.15, -0.1) is 0 Å². The Morgan fingerprint density at radius 1 is 1.39 bits per heavy atom. The van der Waals surface area contributed by atoms with Gasteiger partial charge in [-0.05, 0) is 38.3 Å². The first-order valence-electron chi connectivity index (χ1n) is 6.13.